The molecule has 0 radical (unpaired) electrons. The van der Waals surface area contributed by atoms with Crippen LogP contribution < -0.4 is 10.2 Å². The Bertz CT molecular complexity index is 967. The van der Waals surface area contributed by atoms with Gasteiger partial charge in [-0.25, -0.2) is 9.97 Å². The van der Waals surface area contributed by atoms with Crippen molar-refractivity contribution >= 4 is 28.4 Å². The molecule has 1 aromatic heterocycles. The molecule has 4 rings (SSSR count). The number of hydrogen-bond donors (Lipinski definition) is 1. The lowest BCUT2D eigenvalue weighted by Gasteiger charge is -2.29. The van der Waals surface area contributed by atoms with Crippen LogP contribution in [0.25, 0.3) is 11.0 Å². The van der Waals surface area contributed by atoms with E-state index in [0.29, 0.717) is 43.3 Å². The van der Waals surface area contributed by atoms with Gasteiger partial charge in [0.1, 0.15) is 0 Å². The molecule has 0 bridgehead atoms. The first-order valence-corrected chi connectivity index (χ1v) is 9.25. The molecule has 6 nitrogen and oxygen atoms in total. The number of rotatable bonds is 4. The van der Waals surface area contributed by atoms with E-state index in [1.165, 1.54) is 0 Å². The Hall–Kier alpha value is -2.99. The maximum Gasteiger partial charge on any atom is 0.278 e. The zero-order valence-corrected chi connectivity index (χ0v) is 15.3. The Morgan fingerprint density at radius 2 is 1.70 bits per heavy atom. The number of carbonyl (C=O) groups is 1. The summed E-state index contributed by atoms with van der Waals surface area (Å²) in [5.41, 5.74) is 3.75. The molecule has 2 heterocycles. The van der Waals surface area contributed by atoms with Crippen LogP contribution >= 0.6 is 0 Å². The molecule has 1 saturated heterocycles. The Morgan fingerprint density at radius 3 is 2.44 bits per heavy atom. The number of morpholine rings is 1. The molecule has 27 heavy (non-hydrogen) atoms. The second kappa shape index (κ2) is 7.72. The lowest BCUT2D eigenvalue weighted by Crippen LogP contribution is -2.38. The van der Waals surface area contributed by atoms with E-state index in [-0.39, 0.29) is 5.91 Å². The van der Waals surface area contributed by atoms with Crippen molar-refractivity contribution in [3.05, 3.63) is 59.8 Å². The third-order valence-electron chi connectivity index (χ3n) is 4.72. The van der Waals surface area contributed by atoms with Gasteiger partial charge in [-0.15, -0.1) is 0 Å². The van der Waals surface area contributed by atoms with Crippen LogP contribution in [0, 0.1) is 0 Å². The van der Waals surface area contributed by atoms with Gasteiger partial charge < -0.3 is 15.0 Å². The van der Waals surface area contributed by atoms with Crippen LogP contribution in [0.5, 0.6) is 0 Å². The number of hydrogen-bond acceptors (Lipinski definition) is 5. The highest BCUT2D eigenvalue weighted by Crippen LogP contribution is 2.24. The van der Waals surface area contributed by atoms with Crippen molar-refractivity contribution in [1.82, 2.24) is 9.97 Å². The summed E-state index contributed by atoms with van der Waals surface area (Å²) in [5.74, 6) is 0.374. The molecule has 0 atom stereocenters. The number of ether oxygens (including phenoxy) is 1. The maximum absolute atomic E-state index is 13.1. The SMILES string of the molecule is CCc1ccccc1NC(=O)c1nc2ccccc2nc1N1CCOCC1. The second-order valence-electron chi connectivity index (χ2n) is 6.45. The van der Waals surface area contributed by atoms with Crippen LogP contribution in [-0.4, -0.2) is 42.2 Å². The van der Waals surface area contributed by atoms with Crippen LogP contribution in [-0.2, 0) is 11.2 Å². The van der Waals surface area contributed by atoms with E-state index in [1.54, 1.807) is 0 Å². The van der Waals surface area contributed by atoms with Gasteiger partial charge in [-0.3, -0.25) is 4.79 Å². The molecular formula is C21H22N4O2. The number of anilines is 2. The van der Waals surface area contributed by atoms with Gasteiger partial charge in [0, 0.05) is 18.8 Å². The molecule has 3 aromatic rings. The first-order valence-electron chi connectivity index (χ1n) is 9.25. The van der Waals surface area contributed by atoms with Crippen LogP contribution in [0.2, 0.25) is 0 Å². The molecule has 6 heteroatoms. The standard InChI is InChI=1S/C21H22N4O2/c1-2-15-7-3-4-8-16(15)24-21(26)19-20(25-11-13-27-14-12-25)23-18-10-6-5-9-17(18)22-19/h3-10H,2,11-14H2,1H3,(H,24,26). The molecule has 1 amide bonds. The molecule has 1 aliphatic rings. The quantitative estimate of drug-likeness (QED) is 0.771. The molecule has 1 fully saturated rings. The number of benzene rings is 2. The Morgan fingerprint density at radius 1 is 1.04 bits per heavy atom. The number of nitrogens with zero attached hydrogens (tertiary/aromatic N) is 3. The van der Waals surface area contributed by atoms with Gasteiger partial charge in [0.25, 0.3) is 5.91 Å². The fourth-order valence-electron chi connectivity index (χ4n) is 3.27. The zero-order chi connectivity index (χ0) is 18.6. The zero-order valence-electron chi connectivity index (χ0n) is 15.3. The minimum atomic E-state index is -0.240. The summed E-state index contributed by atoms with van der Waals surface area (Å²) in [6.07, 6.45) is 0.843. The summed E-state index contributed by atoms with van der Waals surface area (Å²) in [6, 6.07) is 15.5. The fourth-order valence-corrected chi connectivity index (χ4v) is 3.27. The van der Waals surface area contributed by atoms with Gasteiger partial charge in [0.05, 0.1) is 24.2 Å². The highest BCUT2D eigenvalue weighted by Gasteiger charge is 2.23. The van der Waals surface area contributed by atoms with Gasteiger partial charge in [0.15, 0.2) is 11.5 Å². The lowest BCUT2D eigenvalue weighted by molar-refractivity contribution is 0.101. The fraction of sp³-hybridized carbons (Fsp3) is 0.286. The summed E-state index contributed by atoms with van der Waals surface area (Å²) >= 11 is 0. The summed E-state index contributed by atoms with van der Waals surface area (Å²) in [6.45, 7) is 4.69. The highest BCUT2D eigenvalue weighted by molar-refractivity contribution is 6.07. The largest absolute Gasteiger partial charge is 0.378 e. The minimum Gasteiger partial charge on any atom is -0.378 e. The number of nitrogens with one attached hydrogen (secondary N) is 1. The number of amides is 1. The molecule has 0 aliphatic carbocycles. The van der Waals surface area contributed by atoms with Gasteiger partial charge in [-0.05, 0) is 30.2 Å². The smallest absolute Gasteiger partial charge is 0.278 e. The van der Waals surface area contributed by atoms with Crippen molar-refractivity contribution in [3.8, 4) is 0 Å². The van der Waals surface area contributed by atoms with Crippen LogP contribution in [0.3, 0.4) is 0 Å². The highest BCUT2D eigenvalue weighted by atomic mass is 16.5. The second-order valence-corrected chi connectivity index (χ2v) is 6.45. The molecule has 0 saturated carbocycles. The number of aryl methyl sites for hydroxylation is 1. The summed E-state index contributed by atoms with van der Waals surface area (Å²) in [4.78, 5) is 24.6. The van der Waals surface area contributed by atoms with Gasteiger partial charge >= 0.3 is 0 Å². The van der Waals surface area contributed by atoms with E-state index in [1.807, 2.05) is 48.5 Å². The van der Waals surface area contributed by atoms with Gasteiger partial charge in [-0.2, -0.15) is 0 Å². The van der Waals surface area contributed by atoms with Crippen molar-refractivity contribution in [2.75, 3.05) is 36.5 Å². The van der Waals surface area contributed by atoms with Gasteiger partial charge in [0.2, 0.25) is 0 Å². The normalized spacial score (nSPS) is 14.3. The van der Waals surface area contributed by atoms with E-state index in [4.69, 9.17) is 9.72 Å². The molecule has 2 aromatic carbocycles. The number of fused-ring (bicyclic) bond motifs is 1. The third-order valence-corrected chi connectivity index (χ3v) is 4.72. The van der Waals surface area contributed by atoms with Crippen LogP contribution in [0.4, 0.5) is 11.5 Å². The average Bonchev–Trinajstić information content (AvgIpc) is 2.73. The molecule has 0 unspecified atom stereocenters. The van der Waals surface area contributed by atoms with E-state index in [0.717, 1.165) is 23.2 Å². The van der Waals surface area contributed by atoms with Gasteiger partial charge in [-0.1, -0.05) is 37.3 Å². The monoisotopic (exact) mass is 362 g/mol. The summed E-state index contributed by atoms with van der Waals surface area (Å²) < 4.78 is 5.44. The summed E-state index contributed by atoms with van der Waals surface area (Å²) in [5, 5.41) is 3.02. The predicted molar refractivity (Wildman–Crippen MR) is 106 cm³/mol. The van der Waals surface area contributed by atoms with E-state index < -0.39 is 0 Å². The van der Waals surface area contributed by atoms with E-state index in [2.05, 4.69) is 22.1 Å². The van der Waals surface area contributed by atoms with Crippen molar-refractivity contribution in [2.24, 2.45) is 0 Å². The summed E-state index contributed by atoms with van der Waals surface area (Å²) in [7, 11) is 0. The number of para-hydroxylation sites is 3. The van der Waals surface area contributed by atoms with E-state index in [9.17, 15) is 4.79 Å². The number of carbonyl (C=O) groups excluding carboxylic acids is 1. The lowest BCUT2D eigenvalue weighted by atomic mass is 10.1. The first kappa shape index (κ1) is 17.4. The van der Waals surface area contributed by atoms with Crippen molar-refractivity contribution in [1.29, 1.82) is 0 Å². The van der Waals surface area contributed by atoms with Crippen molar-refractivity contribution < 1.29 is 9.53 Å². The van der Waals surface area contributed by atoms with Crippen molar-refractivity contribution in [3.63, 3.8) is 0 Å². The maximum atomic E-state index is 13.1. The molecule has 1 N–H and O–H groups in total. The Labute approximate surface area is 158 Å². The Balaban J connectivity index is 1.75. The topological polar surface area (TPSA) is 67.4 Å². The first-order chi connectivity index (χ1) is 13.3. The molecule has 1 aliphatic heterocycles. The number of aromatic nitrogens is 2. The molecular weight excluding hydrogens is 340 g/mol. The third kappa shape index (κ3) is 3.61. The van der Waals surface area contributed by atoms with E-state index >= 15 is 0 Å². The predicted octanol–water partition coefficient (Wildman–Crippen LogP) is 3.28. The molecule has 0 spiro atoms. The van der Waals surface area contributed by atoms with Crippen LogP contribution in [0.15, 0.2) is 48.5 Å². The average molecular weight is 362 g/mol. The molecule has 138 valence electrons. The van der Waals surface area contributed by atoms with Crippen LogP contribution in [0.1, 0.15) is 23.0 Å². The Kier molecular flexibility index (Phi) is 4.98. The minimum absolute atomic E-state index is 0.240. The van der Waals surface area contributed by atoms with Crippen molar-refractivity contribution in [2.45, 2.75) is 13.3 Å².